The number of aryl methyl sites for hydroxylation is 2. The minimum atomic E-state index is 0. The molecule has 0 radical (unpaired) electrons. The lowest BCUT2D eigenvalue weighted by Crippen LogP contribution is -2.53. The van der Waals surface area contributed by atoms with E-state index in [1.165, 1.54) is 0 Å². The van der Waals surface area contributed by atoms with Gasteiger partial charge in [-0.15, -0.1) is 34.2 Å². The normalized spacial score (nSPS) is 19.8. The van der Waals surface area contributed by atoms with Crippen molar-refractivity contribution in [3.8, 4) is 0 Å². The first-order chi connectivity index (χ1) is 13.2. The van der Waals surface area contributed by atoms with Crippen molar-refractivity contribution in [2.75, 3.05) is 44.7 Å². The maximum Gasteiger partial charge on any atom is 0.193 e. The molecule has 0 bridgehead atoms. The summed E-state index contributed by atoms with van der Waals surface area (Å²) >= 11 is 0. The van der Waals surface area contributed by atoms with Gasteiger partial charge in [0.15, 0.2) is 5.96 Å². The number of hydrogen-bond donors (Lipinski definition) is 1. The van der Waals surface area contributed by atoms with E-state index in [0.717, 1.165) is 75.5 Å². The number of rotatable bonds is 3. The molecule has 2 aliphatic rings. The third kappa shape index (κ3) is 4.56. The van der Waals surface area contributed by atoms with Gasteiger partial charge in [-0.3, -0.25) is 4.99 Å². The first-order valence-electron chi connectivity index (χ1n) is 9.75. The largest absolute Gasteiger partial charge is 0.356 e. The Kier molecular flexibility index (Phi) is 7.08. The Morgan fingerprint density at radius 3 is 2.75 bits per heavy atom. The summed E-state index contributed by atoms with van der Waals surface area (Å²) in [4.78, 5) is 13.7. The summed E-state index contributed by atoms with van der Waals surface area (Å²) in [5.41, 5.74) is 0. The first kappa shape index (κ1) is 20.8. The van der Waals surface area contributed by atoms with Crippen LogP contribution in [0.5, 0.6) is 0 Å². The van der Waals surface area contributed by atoms with Crippen molar-refractivity contribution in [1.82, 2.24) is 30.0 Å². The van der Waals surface area contributed by atoms with Crippen LogP contribution < -0.4 is 10.2 Å². The van der Waals surface area contributed by atoms with Gasteiger partial charge in [0.1, 0.15) is 17.5 Å². The second-order valence-electron chi connectivity index (χ2n) is 7.27. The van der Waals surface area contributed by atoms with Crippen molar-refractivity contribution < 1.29 is 0 Å². The number of aromatic nitrogens is 4. The monoisotopic (exact) mass is 496 g/mol. The summed E-state index contributed by atoms with van der Waals surface area (Å²) in [5.74, 6) is 4.78. The van der Waals surface area contributed by atoms with E-state index in [1.54, 1.807) is 0 Å². The van der Waals surface area contributed by atoms with E-state index in [2.05, 4.69) is 45.9 Å². The zero-order chi connectivity index (χ0) is 18.6. The van der Waals surface area contributed by atoms with E-state index in [0.29, 0.717) is 5.92 Å². The average molecular weight is 496 g/mol. The van der Waals surface area contributed by atoms with Gasteiger partial charge < -0.3 is 19.7 Å². The van der Waals surface area contributed by atoms with Gasteiger partial charge in [0, 0.05) is 58.9 Å². The topological polar surface area (TPSA) is 74.5 Å². The molecule has 4 heterocycles. The number of guanidine groups is 1. The molecule has 8 nitrogen and oxygen atoms in total. The average Bonchev–Trinajstić information content (AvgIpc) is 3.10. The number of fused-ring (bicyclic) bond motifs is 1. The van der Waals surface area contributed by atoms with Crippen LogP contribution in [0.4, 0.5) is 5.82 Å². The van der Waals surface area contributed by atoms with Crippen LogP contribution in [0.15, 0.2) is 29.4 Å². The first-order valence-corrected chi connectivity index (χ1v) is 9.75. The van der Waals surface area contributed by atoms with E-state index >= 15 is 0 Å². The quantitative estimate of drug-likeness (QED) is 0.395. The highest BCUT2D eigenvalue weighted by molar-refractivity contribution is 14.0. The molecule has 152 valence electrons. The number of nitrogens with zero attached hydrogens (tertiary/aromatic N) is 7. The van der Waals surface area contributed by atoms with Crippen LogP contribution in [0.3, 0.4) is 0 Å². The Bertz CT molecular complexity index is 782. The van der Waals surface area contributed by atoms with Crippen LogP contribution in [0.25, 0.3) is 0 Å². The standard InChI is InChI=1S/C19H28N8.HI/c1-15-23-24-18-7-6-16(14-27(15)18)13-22-19(20-2)26-11-9-25(10-12-26)17-5-3-4-8-21-17;/h3-5,8,16H,6-7,9-14H2,1-2H3,(H,20,22);1H. The van der Waals surface area contributed by atoms with E-state index in [1.807, 2.05) is 32.3 Å². The van der Waals surface area contributed by atoms with Crippen LogP contribution in [0, 0.1) is 12.8 Å². The summed E-state index contributed by atoms with van der Waals surface area (Å²) in [6.07, 6.45) is 4.01. The minimum Gasteiger partial charge on any atom is -0.356 e. The van der Waals surface area contributed by atoms with E-state index in [-0.39, 0.29) is 24.0 Å². The lowest BCUT2D eigenvalue weighted by molar-refractivity contribution is 0.338. The number of pyridine rings is 1. The van der Waals surface area contributed by atoms with Crippen molar-refractivity contribution in [2.24, 2.45) is 10.9 Å². The molecule has 2 aliphatic heterocycles. The molecular formula is C19H29IN8. The Labute approximate surface area is 183 Å². The molecule has 0 spiro atoms. The molecule has 0 aromatic carbocycles. The number of anilines is 1. The van der Waals surface area contributed by atoms with Crippen molar-refractivity contribution in [1.29, 1.82) is 0 Å². The second kappa shape index (κ2) is 9.53. The van der Waals surface area contributed by atoms with Crippen LogP contribution in [-0.4, -0.2) is 70.4 Å². The molecule has 0 aliphatic carbocycles. The van der Waals surface area contributed by atoms with Gasteiger partial charge in [-0.2, -0.15) is 0 Å². The van der Waals surface area contributed by atoms with Gasteiger partial charge >= 0.3 is 0 Å². The lowest BCUT2D eigenvalue weighted by Gasteiger charge is -2.37. The molecule has 1 fully saturated rings. The maximum atomic E-state index is 4.51. The fraction of sp³-hybridized carbons (Fsp3) is 0.579. The van der Waals surface area contributed by atoms with Crippen molar-refractivity contribution in [3.05, 3.63) is 36.0 Å². The zero-order valence-corrected chi connectivity index (χ0v) is 18.9. The van der Waals surface area contributed by atoms with Crippen molar-refractivity contribution in [3.63, 3.8) is 0 Å². The van der Waals surface area contributed by atoms with E-state index in [4.69, 9.17) is 0 Å². The highest BCUT2D eigenvalue weighted by Gasteiger charge is 2.24. The highest BCUT2D eigenvalue weighted by Crippen LogP contribution is 2.19. The summed E-state index contributed by atoms with van der Waals surface area (Å²) in [5, 5.41) is 12.1. The Morgan fingerprint density at radius 1 is 1.21 bits per heavy atom. The van der Waals surface area contributed by atoms with Gasteiger partial charge in [-0.25, -0.2) is 4.98 Å². The molecule has 4 rings (SSSR count). The van der Waals surface area contributed by atoms with Gasteiger partial charge in [0.25, 0.3) is 0 Å². The smallest absolute Gasteiger partial charge is 0.193 e. The Balaban J connectivity index is 0.00000225. The van der Waals surface area contributed by atoms with Gasteiger partial charge in [-0.05, 0) is 31.4 Å². The number of nitrogens with one attached hydrogen (secondary N) is 1. The van der Waals surface area contributed by atoms with Gasteiger partial charge in [-0.1, -0.05) is 6.07 Å². The highest BCUT2D eigenvalue weighted by atomic mass is 127. The fourth-order valence-electron chi connectivity index (χ4n) is 3.95. The predicted octanol–water partition coefficient (Wildman–Crippen LogP) is 1.56. The second-order valence-corrected chi connectivity index (χ2v) is 7.27. The molecule has 2 aromatic rings. The third-order valence-electron chi connectivity index (χ3n) is 5.54. The molecule has 1 atom stereocenters. The molecule has 0 amide bonds. The summed E-state index contributed by atoms with van der Waals surface area (Å²) in [6, 6.07) is 6.08. The van der Waals surface area contributed by atoms with Gasteiger partial charge in [0.2, 0.25) is 0 Å². The van der Waals surface area contributed by atoms with Crippen molar-refractivity contribution >= 4 is 35.8 Å². The van der Waals surface area contributed by atoms with E-state index < -0.39 is 0 Å². The Morgan fingerprint density at radius 2 is 2.04 bits per heavy atom. The summed E-state index contributed by atoms with van der Waals surface area (Å²) in [6.45, 7) is 7.79. The number of piperazine rings is 1. The summed E-state index contributed by atoms with van der Waals surface area (Å²) < 4.78 is 2.25. The number of halogens is 1. The molecule has 1 N–H and O–H groups in total. The van der Waals surface area contributed by atoms with E-state index in [9.17, 15) is 0 Å². The molecule has 0 saturated carbocycles. The molecule has 9 heteroatoms. The molecule has 28 heavy (non-hydrogen) atoms. The predicted molar refractivity (Wildman–Crippen MR) is 121 cm³/mol. The SMILES string of the molecule is CN=C(NCC1CCc2nnc(C)n2C1)N1CCN(c2ccccn2)CC1.I. The minimum absolute atomic E-state index is 0. The maximum absolute atomic E-state index is 4.51. The lowest BCUT2D eigenvalue weighted by atomic mass is 9.99. The van der Waals surface area contributed by atoms with Crippen molar-refractivity contribution in [2.45, 2.75) is 26.3 Å². The zero-order valence-electron chi connectivity index (χ0n) is 16.6. The molecule has 2 aromatic heterocycles. The van der Waals surface area contributed by atoms with Gasteiger partial charge in [0.05, 0.1) is 0 Å². The van der Waals surface area contributed by atoms with Crippen LogP contribution in [0.1, 0.15) is 18.1 Å². The van der Waals surface area contributed by atoms with Crippen LogP contribution in [0.2, 0.25) is 0 Å². The molecule has 1 saturated heterocycles. The number of hydrogen-bond acceptors (Lipinski definition) is 5. The molecular weight excluding hydrogens is 467 g/mol. The molecule has 1 unspecified atom stereocenters. The number of aliphatic imine (C=N–C) groups is 1. The Hall–Kier alpha value is -1.91. The van der Waals surface area contributed by atoms with Crippen LogP contribution in [-0.2, 0) is 13.0 Å². The summed E-state index contributed by atoms with van der Waals surface area (Å²) in [7, 11) is 1.87. The third-order valence-corrected chi connectivity index (χ3v) is 5.54. The fourth-order valence-corrected chi connectivity index (χ4v) is 3.95. The van der Waals surface area contributed by atoms with Crippen LogP contribution >= 0.6 is 24.0 Å².